The maximum Gasteiger partial charge on any atom is 0.236 e. The van der Waals surface area contributed by atoms with Crippen LogP contribution in [0.25, 0.3) is 0 Å². The van der Waals surface area contributed by atoms with Gasteiger partial charge >= 0.3 is 0 Å². The van der Waals surface area contributed by atoms with E-state index in [0.29, 0.717) is 13.2 Å². The van der Waals surface area contributed by atoms with E-state index in [1.165, 1.54) is 6.20 Å². The van der Waals surface area contributed by atoms with E-state index in [-0.39, 0.29) is 16.7 Å². The second-order valence-electron chi connectivity index (χ2n) is 3.51. The number of hydrogen-bond donors (Lipinski definition) is 0. The van der Waals surface area contributed by atoms with Crippen LogP contribution >= 0.6 is 11.6 Å². The van der Waals surface area contributed by atoms with Crippen molar-refractivity contribution >= 4 is 11.6 Å². The number of hydrogen-bond acceptors (Lipinski definition) is 5. The van der Waals surface area contributed by atoms with E-state index in [1.807, 2.05) is 13.0 Å². The number of aromatic nitrogens is 2. The first-order chi connectivity index (χ1) is 7.13. The fourth-order valence-electron chi connectivity index (χ4n) is 1.18. The Hall–Kier alpha value is -1.38. The van der Waals surface area contributed by atoms with E-state index in [4.69, 9.17) is 26.3 Å². The third-order valence-corrected chi connectivity index (χ3v) is 2.18. The van der Waals surface area contributed by atoms with Crippen LogP contribution in [0.5, 0.6) is 5.88 Å². The molecule has 0 aliphatic carbocycles. The van der Waals surface area contributed by atoms with Crippen molar-refractivity contribution in [2.24, 2.45) is 0 Å². The Morgan fingerprint density at radius 2 is 2.40 bits per heavy atom. The van der Waals surface area contributed by atoms with Crippen LogP contribution in [0, 0.1) is 11.3 Å². The van der Waals surface area contributed by atoms with Gasteiger partial charge in [0.2, 0.25) is 11.2 Å². The Morgan fingerprint density at radius 3 is 2.93 bits per heavy atom. The molecule has 1 saturated heterocycles. The maximum absolute atomic E-state index is 8.81. The van der Waals surface area contributed by atoms with Crippen molar-refractivity contribution in [2.75, 3.05) is 13.2 Å². The summed E-state index contributed by atoms with van der Waals surface area (Å²) in [4.78, 5) is 7.57. The lowest BCUT2D eigenvalue weighted by Crippen LogP contribution is -2.51. The molecule has 5 nitrogen and oxygen atoms in total. The molecule has 0 aromatic carbocycles. The summed E-state index contributed by atoms with van der Waals surface area (Å²) < 4.78 is 10.6. The minimum absolute atomic E-state index is 0.0628. The van der Waals surface area contributed by atoms with Gasteiger partial charge in [-0.1, -0.05) is 0 Å². The number of nitriles is 1. The molecule has 0 amide bonds. The summed E-state index contributed by atoms with van der Waals surface area (Å²) in [5.74, 6) is 0.211. The van der Waals surface area contributed by atoms with Crippen molar-refractivity contribution in [3.05, 3.63) is 17.0 Å². The van der Waals surface area contributed by atoms with Crippen molar-refractivity contribution in [3.8, 4) is 11.9 Å². The van der Waals surface area contributed by atoms with Gasteiger partial charge in [0.25, 0.3) is 0 Å². The average molecular weight is 226 g/mol. The Labute approximate surface area is 91.6 Å². The Bertz CT molecular complexity index is 426. The van der Waals surface area contributed by atoms with Crippen molar-refractivity contribution < 1.29 is 9.47 Å². The van der Waals surface area contributed by atoms with Gasteiger partial charge in [0.05, 0.1) is 19.4 Å². The number of ether oxygens (including phenoxy) is 2. The summed E-state index contributed by atoms with van der Waals surface area (Å²) in [6, 6.07) is 1.94. The molecule has 0 radical (unpaired) electrons. The minimum Gasteiger partial charge on any atom is -0.465 e. The largest absolute Gasteiger partial charge is 0.465 e. The lowest BCUT2D eigenvalue weighted by molar-refractivity contribution is -0.151. The first-order valence-corrected chi connectivity index (χ1v) is 4.70. The highest BCUT2D eigenvalue weighted by atomic mass is 35.5. The highest BCUT2D eigenvalue weighted by Crippen LogP contribution is 2.26. The van der Waals surface area contributed by atoms with Crippen LogP contribution in [0.15, 0.2) is 6.20 Å². The third-order valence-electron chi connectivity index (χ3n) is 2.00. The highest BCUT2D eigenvalue weighted by molar-refractivity contribution is 6.28. The molecule has 0 atom stereocenters. The quantitative estimate of drug-likeness (QED) is 0.707. The Balaban J connectivity index is 2.26. The molecule has 1 fully saturated rings. The van der Waals surface area contributed by atoms with Gasteiger partial charge < -0.3 is 9.47 Å². The zero-order chi connectivity index (χ0) is 10.9. The van der Waals surface area contributed by atoms with Crippen molar-refractivity contribution in [2.45, 2.75) is 12.5 Å². The summed E-state index contributed by atoms with van der Waals surface area (Å²) in [5, 5.41) is 8.88. The van der Waals surface area contributed by atoms with E-state index in [9.17, 15) is 0 Å². The Morgan fingerprint density at radius 1 is 1.67 bits per heavy atom. The van der Waals surface area contributed by atoms with E-state index >= 15 is 0 Å². The van der Waals surface area contributed by atoms with Gasteiger partial charge in [0, 0.05) is 0 Å². The van der Waals surface area contributed by atoms with Gasteiger partial charge in [-0.3, -0.25) is 0 Å². The van der Waals surface area contributed by atoms with E-state index in [0.717, 1.165) is 0 Å². The molecule has 0 N–H and O–H groups in total. The molecule has 1 aliphatic heterocycles. The predicted octanol–water partition coefficient (Wildman–Crippen LogP) is 1.17. The first-order valence-electron chi connectivity index (χ1n) is 4.32. The second kappa shape index (κ2) is 3.65. The zero-order valence-electron chi connectivity index (χ0n) is 8.03. The van der Waals surface area contributed by atoms with Crippen molar-refractivity contribution in [1.29, 1.82) is 5.26 Å². The molecule has 15 heavy (non-hydrogen) atoms. The molecule has 0 unspecified atom stereocenters. The van der Waals surface area contributed by atoms with E-state index in [2.05, 4.69) is 9.97 Å². The van der Waals surface area contributed by atoms with Gasteiger partial charge in [-0.2, -0.15) is 10.2 Å². The van der Waals surface area contributed by atoms with Crippen LogP contribution in [0.3, 0.4) is 0 Å². The molecule has 1 aliphatic rings. The number of rotatable bonds is 2. The molecular formula is C9H8ClN3O2. The smallest absolute Gasteiger partial charge is 0.236 e. The summed E-state index contributed by atoms with van der Waals surface area (Å²) in [5.41, 5.74) is -0.143. The Kier molecular flexibility index (Phi) is 2.47. The fourth-order valence-corrected chi connectivity index (χ4v) is 1.31. The number of nitrogens with zero attached hydrogens (tertiary/aromatic N) is 3. The normalized spacial score (nSPS) is 17.7. The SMILES string of the molecule is CC1(Oc2nc(Cl)ncc2C#N)COC1. The molecule has 0 spiro atoms. The first kappa shape index (κ1) is 10.1. The standard InChI is InChI=1S/C9H8ClN3O2/c1-9(4-14-5-9)15-7-6(2-11)3-12-8(10)13-7/h3H,4-5H2,1H3. The molecular weight excluding hydrogens is 218 g/mol. The zero-order valence-corrected chi connectivity index (χ0v) is 8.78. The molecule has 0 saturated carbocycles. The molecule has 2 heterocycles. The molecule has 2 rings (SSSR count). The van der Waals surface area contributed by atoms with E-state index < -0.39 is 5.60 Å². The van der Waals surface area contributed by atoms with Crippen LogP contribution in [0.1, 0.15) is 12.5 Å². The van der Waals surface area contributed by atoms with Crippen LogP contribution in [-0.4, -0.2) is 28.8 Å². The van der Waals surface area contributed by atoms with Crippen LogP contribution in [0.4, 0.5) is 0 Å². The van der Waals surface area contributed by atoms with Crippen LogP contribution < -0.4 is 4.74 Å². The molecule has 6 heteroatoms. The number of halogens is 1. The predicted molar refractivity (Wildman–Crippen MR) is 51.6 cm³/mol. The molecule has 78 valence electrons. The summed E-state index contributed by atoms with van der Waals surface area (Å²) >= 11 is 5.62. The van der Waals surface area contributed by atoms with Gasteiger partial charge in [0.1, 0.15) is 11.6 Å². The van der Waals surface area contributed by atoms with E-state index in [1.54, 1.807) is 0 Å². The lowest BCUT2D eigenvalue weighted by atomic mass is 10.1. The van der Waals surface area contributed by atoms with Gasteiger partial charge in [-0.25, -0.2) is 4.98 Å². The van der Waals surface area contributed by atoms with Gasteiger partial charge in [-0.05, 0) is 18.5 Å². The van der Waals surface area contributed by atoms with Crippen LogP contribution in [0.2, 0.25) is 5.28 Å². The molecule has 0 bridgehead atoms. The monoisotopic (exact) mass is 225 g/mol. The maximum atomic E-state index is 8.81. The molecule has 1 aromatic rings. The van der Waals surface area contributed by atoms with Gasteiger partial charge in [-0.15, -0.1) is 0 Å². The van der Waals surface area contributed by atoms with Gasteiger partial charge in [0.15, 0.2) is 5.60 Å². The average Bonchev–Trinajstić information content (AvgIpc) is 2.16. The minimum atomic E-state index is -0.413. The summed E-state index contributed by atoms with van der Waals surface area (Å²) in [6.45, 7) is 2.85. The topological polar surface area (TPSA) is 68.0 Å². The fraction of sp³-hybridized carbons (Fsp3) is 0.444. The highest BCUT2D eigenvalue weighted by Gasteiger charge is 2.37. The van der Waals surface area contributed by atoms with Crippen molar-refractivity contribution in [1.82, 2.24) is 9.97 Å². The molecule has 1 aromatic heterocycles. The third kappa shape index (κ3) is 2.01. The van der Waals surface area contributed by atoms with Crippen LogP contribution in [-0.2, 0) is 4.74 Å². The summed E-state index contributed by atoms with van der Waals surface area (Å²) in [6.07, 6.45) is 1.34. The lowest BCUT2D eigenvalue weighted by Gasteiger charge is -2.37. The summed E-state index contributed by atoms with van der Waals surface area (Å²) in [7, 11) is 0. The van der Waals surface area contributed by atoms with Crippen molar-refractivity contribution in [3.63, 3.8) is 0 Å². The second-order valence-corrected chi connectivity index (χ2v) is 3.85.